The normalized spacial score (nSPS) is 18.7. The van der Waals surface area contributed by atoms with Crippen LogP contribution in [0, 0.1) is 5.82 Å². The van der Waals surface area contributed by atoms with Crippen LogP contribution in [0.1, 0.15) is 12.8 Å². The maximum atomic E-state index is 13.3. The first kappa shape index (κ1) is 21.0. The highest BCUT2D eigenvalue weighted by Gasteiger charge is 2.37. The van der Waals surface area contributed by atoms with Crippen molar-refractivity contribution < 1.29 is 22.4 Å². The Morgan fingerprint density at radius 2 is 1.93 bits per heavy atom. The predicted molar refractivity (Wildman–Crippen MR) is 113 cm³/mol. The Bertz CT molecular complexity index is 1140. The maximum absolute atomic E-state index is 13.3. The number of thioether (sulfide) groups is 1. The lowest BCUT2D eigenvalue weighted by Gasteiger charge is -2.27. The summed E-state index contributed by atoms with van der Waals surface area (Å²) >= 11 is 6.80. The molecule has 158 valence electrons. The fourth-order valence-electron chi connectivity index (χ4n) is 3.30. The molecule has 2 aliphatic rings. The number of hydrogen-bond acceptors (Lipinski definition) is 5. The Kier molecular flexibility index (Phi) is 5.65. The van der Waals surface area contributed by atoms with Crippen molar-refractivity contribution >= 4 is 56.6 Å². The van der Waals surface area contributed by atoms with Crippen LogP contribution in [0.25, 0.3) is 0 Å². The highest BCUT2D eigenvalue weighted by atomic mass is 35.5. The third kappa shape index (κ3) is 4.12. The number of carbonyl (C=O) groups is 2. The first-order valence-electron chi connectivity index (χ1n) is 9.13. The molecular weight excluding hydrogens is 453 g/mol. The molecule has 0 unspecified atom stereocenters. The number of sulfonamides is 1. The van der Waals surface area contributed by atoms with E-state index in [1.807, 2.05) is 0 Å². The van der Waals surface area contributed by atoms with E-state index in [1.165, 1.54) is 24.3 Å². The zero-order chi connectivity index (χ0) is 21.5. The van der Waals surface area contributed by atoms with E-state index in [9.17, 15) is 22.4 Å². The molecule has 1 fully saturated rings. The molecule has 7 nitrogen and oxygen atoms in total. The third-order valence-corrected chi connectivity index (χ3v) is 7.75. The van der Waals surface area contributed by atoms with Crippen molar-refractivity contribution in [3.63, 3.8) is 0 Å². The zero-order valence-corrected chi connectivity index (χ0v) is 17.9. The van der Waals surface area contributed by atoms with Crippen LogP contribution in [0.4, 0.5) is 15.8 Å². The SMILES string of the molecule is O=C1Nc2cc(S(=O)(=O)Nc3ccc(F)c(Cl)c3)ccc2S[C@@H]1C(=O)N1CCCC1. The van der Waals surface area contributed by atoms with Gasteiger partial charge in [-0.15, -0.1) is 11.8 Å². The smallest absolute Gasteiger partial charge is 0.261 e. The molecule has 11 heteroatoms. The van der Waals surface area contributed by atoms with Crippen LogP contribution >= 0.6 is 23.4 Å². The van der Waals surface area contributed by atoms with Gasteiger partial charge in [-0.3, -0.25) is 14.3 Å². The van der Waals surface area contributed by atoms with Gasteiger partial charge < -0.3 is 10.2 Å². The Morgan fingerprint density at radius 1 is 1.20 bits per heavy atom. The van der Waals surface area contributed by atoms with Gasteiger partial charge in [0.05, 0.1) is 21.3 Å². The number of halogens is 2. The quantitative estimate of drug-likeness (QED) is 0.670. The van der Waals surface area contributed by atoms with Gasteiger partial charge >= 0.3 is 0 Å². The topological polar surface area (TPSA) is 95.6 Å². The lowest BCUT2D eigenvalue weighted by Crippen LogP contribution is -2.43. The van der Waals surface area contributed by atoms with Crippen molar-refractivity contribution in [3.05, 3.63) is 47.2 Å². The van der Waals surface area contributed by atoms with E-state index in [0.29, 0.717) is 23.7 Å². The van der Waals surface area contributed by atoms with Crippen LogP contribution in [0.3, 0.4) is 0 Å². The number of benzene rings is 2. The van der Waals surface area contributed by atoms with Crippen LogP contribution in [-0.2, 0) is 19.6 Å². The molecule has 0 aromatic heterocycles. The second-order valence-electron chi connectivity index (χ2n) is 6.91. The summed E-state index contributed by atoms with van der Waals surface area (Å²) in [5.41, 5.74) is 0.421. The minimum atomic E-state index is -4.00. The molecule has 1 atom stereocenters. The van der Waals surface area contributed by atoms with Crippen LogP contribution < -0.4 is 10.0 Å². The van der Waals surface area contributed by atoms with Gasteiger partial charge in [0.2, 0.25) is 11.8 Å². The van der Waals surface area contributed by atoms with Crippen molar-refractivity contribution in [1.29, 1.82) is 0 Å². The number of nitrogens with zero attached hydrogens (tertiary/aromatic N) is 1. The first-order chi connectivity index (χ1) is 14.2. The molecule has 2 N–H and O–H groups in total. The van der Waals surface area contributed by atoms with Gasteiger partial charge in [-0.2, -0.15) is 0 Å². The lowest BCUT2D eigenvalue weighted by atomic mass is 10.2. The van der Waals surface area contributed by atoms with Gasteiger partial charge in [0.25, 0.3) is 10.0 Å². The van der Waals surface area contributed by atoms with Gasteiger partial charge in [-0.1, -0.05) is 11.6 Å². The minimum absolute atomic E-state index is 0.0908. The molecule has 0 bridgehead atoms. The summed E-state index contributed by atoms with van der Waals surface area (Å²) in [5.74, 6) is -1.37. The Morgan fingerprint density at radius 3 is 2.63 bits per heavy atom. The number of likely N-dealkylation sites (tertiary alicyclic amines) is 1. The van der Waals surface area contributed by atoms with Crippen LogP contribution in [0.2, 0.25) is 5.02 Å². The molecule has 2 heterocycles. The fraction of sp³-hybridized carbons (Fsp3) is 0.263. The molecule has 30 heavy (non-hydrogen) atoms. The van der Waals surface area contributed by atoms with Crippen molar-refractivity contribution in [3.8, 4) is 0 Å². The van der Waals surface area contributed by atoms with E-state index >= 15 is 0 Å². The monoisotopic (exact) mass is 469 g/mol. The van der Waals surface area contributed by atoms with Crippen molar-refractivity contribution in [2.75, 3.05) is 23.1 Å². The number of hydrogen-bond donors (Lipinski definition) is 2. The molecule has 4 rings (SSSR count). The van der Waals surface area contributed by atoms with E-state index in [2.05, 4.69) is 10.0 Å². The summed E-state index contributed by atoms with van der Waals surface area (Å²) in [6.07, 6.45) is 1.85. The van der Waals surface area contributed by atoms with Crippen LogP contribution in [0.15, 0.2) is 46.2 Å². The largest absolute Gasteiger partial charge is 0.341 e. The average Bonchev–Trinajstić information content (AvgIpc) is 3.24. The average molecular weight is 470 g/mol. The minimum Gasteiger partial charge on any atom is -0.341 e. The molecule has 0 saturated carbocycles. The van der Waals surface area contributed by atoms with Gasteiger partial charge in [0.15, 0.2) is 5.25 Å². The van der Waals surface area contributed by atoms with Gasteiger partial charge in [0.1, 0.15) is 5.82 Å². The fourth-order valence-corrected chi connectivity index (χ4v) is 5.60. The second-order valence-corrected chi connectivity index (χ2v) is 10.1. The summed E-state index contributed by atoms with van der Waals surface area (Å²) in [6.45, 7) is 1.29. The van der Waals surface area contributed by atoms with Gasteiger partial charge in [-0.25, -0.2) is 12.8 Å². The van der Waals surface area contributed by atoms with E-state index in [0.717, 1.165) is 30.7 Å². The molecule has 2 amide bonds. The van der Waals surface area contributed by atoms with E-state index in [1.54, 1.807) is 11.0 Å². The van der Waals surface area contributed by atoms with Crippen molar-refractivity contribution in [2.24, 2.45) is 0 Å². The Labute approximate surface area is 182 Å². The summed E-state index contributed by atoms with van der Waals surface area (Å²) < 4.78 is 41.0. The summed E-state index contributed by atoms with van der Waals surface area (Å²) in [4.78, 5) is 27.3. The number of anilines is 2. The number of amides is 2. The lowest BCUT2D eigenvalue weighted by molar-refractivity contribution is -0.133. The molecule has 0 spiro atoms. The number of carbonyl (C=O) groups excluding carboxylic acids is 2. The summed E-state index contributed by atoms with van der Waals surface area (Å²) in [7, 11) is -4.00. The molecule has 2 aliphatic heterocycles. The van der Waals surface area contributed by atoms with Crippen LogP contribution in [0.5, 0.6) is 0 Å². The maximum Gasteiger partial charge on any atom is 0.261 e. The molecule has 1 saturated heterocycles. The second kappa shape index (κ2) is 8.09. The molecular formula is C19H17ClFN3O4S2. The van der Waals surface area contributed by atoms with E-state index < -0.39 is 27.0 Å². The number of fused-ring (bicyclic) bond motifs is 1. The summed E-state index contributed by atoms with van der Waals surface area (Å²) in [6, 6.07) is 7.73. The Balaban J connectivity index is 1.55. The standard InChI is InChI=1S/C19H17ClFN3O4S2/c20-13-9-11(3-5-14(13)21)23-30(27,28)12-4-6-16-15(10-12)22-18(25)17(29-16)19(26)24-7-1-2-8-24/h3-6,9-10,17,23H,1-2,7-8H2,(H,22,25)/t17-/m0/s1. The summed E-state index contributed by atoms with van der Waals surface area (Å²) in [5, 5.41) is 1.54. The van der Waals surface area contributed by atoms with Gasteiger partial charge in [0, 0.05) is 18.0 Å². The predicted octanol–water partition coefficient (Wildman–Crippen LogP) is 3.32. The molecule has 2 aromatic rings. The van der Waals surface area contributed by atoms with Gasteiger partial charge in [-0.05, 0) is 49.2 Å². The van der Waals surface area contributed by atoms with Crippen LogP contribution in [-0.4, -0.2) is 43.5 Å². The zero-order valence-electron chi connectivity index (χ0n) is 15.5. The van der Waals surface area contributed by atoms with Crippen molar-refractivity contribution in [2.45, 2.75) is 27.9 Å². The Hall–Kier alpha value is -2.30. The van der Waals surface area contributed by atoms with E-state index in [-0.39, 0.29) is 21.5 Å². The highest BCUT2D eigenvalue weighted by molar-refractivity contribution is 8.01. The van der Waals surface area contributed by atoms with E-state index in [4.69, 9.17) is 11.6 Å². The third-order valence-electron chi connectivity index (χ3n) is 4.82. The first-order valence-corrected chi connectivity index (χ1v) is 11.9. The number of nitrogens with one attached hydrogen (secondary N) is 2. The molecule has 0 radical (unpaired) electrons. The molecule has 0 aliphatic carbocycles. The van der Waals surface area contributed by atoms with Crippen molar-refractivity contribution in [1.82, 2.24) is 4.90 Å². The molecule has 2 aromatic carbocycles. The number of rotatable bonds is 4. The highest BCUT2D eigenvalue weighted by Crippen LogP contribution is 2.38.